The predicted molar refractivity (Wildman–Crippen MR) is 75.2 cm³/mol. The van der Waals surface area contributed by atoms with E-state index in [-0.39, 0.29) is 11.8 Å². The number of nitrogen functional groups attached to an aromatic ring is 1. The molecule has 0 aromatic carbocycles. The molecule has 0 saturated carbocycles. The first-order valence-corrected chi connectivity index (χ1v) is 6.83. The maximum atomic E-state index is 12.6. The number of hydrogen-bond donors (Lipinski definition) is 1. The van der Waals surface area contributed by atoms with E-state index in [9.17, 15) is 9.59 Å². The fourth-order valence-corrected chi connectivity index (χ4v) is 2.42. The first kappa shape index (κ1) is 14.4. The molecule has 1 fully saturated rings. The quantitative estimate of drug-likeness (QED) is 0.832. The molecule has 2 N–H and O–H groups in total. The van der Waals surface area contributed by atoms with Gasteiger partial charge in [0.1, 0.15) is 5.69 Å². The molecule has 0 unspecified atom stereocenters. The van der Waals surface area contributed by atoms with E-state index in [0.29, 0.717) is 49.8 Å². The molecular formula is C13H21N5O2. The molecule has 7 nitrogen and oxygen atoms in total. The van der Waals surface area contributed by atoms with Crippen molar-refractivity contribution in [2.24, 2.45) is 0 Å². The van der Waals surface area contributed by atoms with Crippen LogP contribution >= 0.6 is 0 Å². The zero-order valence-electron chi connectivity index (χ0n) is 12.2. The van der Waals surface area contributed by atoms with Gasteiger partial charge in [-0.2, -0.15) is 5.10 Å². The maximum absolute atomic E-state index is 12.6. The van der Waals surface area contributed by atoms with Crippen LogP contribution in [0.15, 0.2) is 0 Å². The van der Waals surface area contributed by atoms with Crippen molar-refractivity contribution in [2.45, 2.75) is 27.3 Å². The molecule has 2 amide bonds. The number of nitrogens with zero attached hydrogens (tertiary/aromatic N) is 4. The summed E-state index contributed by atoms with van der Waals surface area (Å²) in [6.07, 6.45) is 0. The first-order chi connectivity index (χ1) is 9.45. The van der Waals surface area contributed by atoms with Gasteiger partial charge in [0.15, 0.2) is 0 Å². The zero-order chi connectivity index (χ0) is 14.9. The van der Waals surface area contributed by atoms with E-state index in [1.54, 1.807) is 28.3 Å². The summed E-state index contributed by atoms with van der Waals surface area (Å²) in [5.74, 6) is -0.0563. The van der Waals surface area contributed by atoms with Gasteiger partial charge in [0.2, 0.25) is 5.91 Å². The van der Waals surface area contributed by atoms with Crippen LogP contribution in [0.2, 0.25) is 0 Å². The van der Waals surface area contributed by atoms with Crippen LogP contribution in [0, 0.1) is 6.92 Å². The van der Waals surface area contributed by atoms with Gasteiger partial charge in [-0.1, -0.05) is 0 Å². The summed E-state index contributed by atoms with van der Waals surface area (Å²) >= 11 is 0. The van der Waals surface area contributed by atoms with Gasteiger partial charge in [0.25, 0.3) is 5.91 Å². The van der Waals surface area contributed by atoms with Crippen LogP contribution in [-0.2, 0) is 11.3 Å². The van der Waals surface area contributed by atoms with Crippen molar-refractivity contribution in [1.82, 2.24) is 19.6 Å². The van der Waals surface area contributed by atoms with E-state index in [4.69, 9.17) is 5.73 Å². The Kier molecular flexibility index (Phi) is 3.96. The first-order valence-electron chi connectivity index (χ1n) is 6.83. The molecule has 2 rings (SSSR count). The smallest absolute Gasteiger partial charge is 0.274 e. The number of amides is 2. The fourth-order valence-electron chi connectivity index (χ4n) is 2.42. The fraction of sp³-hybridized carbons (Fsp3) is 0.615. The Hall–Kier alpha value is -2.05. The molecule has 0 spiro atoms. The minimum absolute atomic E-state index is 0.0473. The second-order valence-electron chi connectivity index (χ2n) is 4.96. The summed E-state index contributed by atoms with van der Waals surface area (Å²) in [6.45, 7) is 8.08. The topological polar surface area (TPSA) is 84.5 Å². The number of aromatic nitrogens is 2. The molecule has 20 heavy (non-hydrogen) atoms. The molecular weight excluding hydrogens is 258 g/mol. The van der Waals surface area contributed by atoms with Crippen LogP contribution in [0.5, 0.6) is 0 Å². The van der Waals surface area contributed by atoms with Crippen LogP contribution < -0.4 is 5.73 Å². The van der Waals surface area contributed by atoms with Gasteiger partial charge in [-0.3, -0.25) is 14.3 Å². The molecule has 110 valence electrons. The number of aryl methyl sites for hydroxylation is 2. The molecule has 0 radical (unpaired) electrons. The Labute approximate surface area is 118 Å². The highest BCUT2D eigenvalue weighted by atomic mass is 16.2. The Bertz CT molecular complexity index is 529. The van der Waals surface area contributed by atoms with Gasteiger partial charge in [-0.15, -0.1) is 0 Å². The summed E-state index contributed by atoms with van der Waals surface area (Å²) < 4.78 is 1.64. The average Bonchev–Trinajstić information content (AvgIpc) is 2.73. The summed E-state index contributed by atoms with van der Waals surface area (Å²) in [5, 5.41) is 4.27. The summed E-state index contributed by atoms with van der Waals surface area (Å²) in [4.78, 5) is 27.3. The molecule has 1 aromatic rings. The third-order valence-corrected chi connectivity index (χ3v) is 3.69. The van der Waals surface area contributed by atoms with Gasteiger partial charge >= 0.3 is 0 Å². The van der Waals surface area contributed by atoms with Gasteiger partial charge in [0.05, 0.1) is 11.4 Å². The van der Waals surface area contributed by atoms with Crippen LogP contribution in [0.25, 0.3) is 0 Å². The summed E-state index contributed by atoms with van der Waals surface area (Å²) in [5.41, 5.74) is 7.55. The Morgan fingerprint density at radius 3 is 2.25 bits per heavy atom. The van der Waals surface area contributed by atoms with Gasteiger partial charge in [-0.05, 0) is 13.8 Å². The highest BCUT2D eigenvalue weighted by molar-refractivity contribution is 5.98. The lowest BCUT2D eigenvalue weighted by molar-refractivity contribution is -0.130. The number of rotatable bonds is 2. The van der Waals surface area contributed by atoms with Gasteiger partial charge < -0.3 is 15.5 Å². The van der Waals surface area contributed by atoms with Crippen molar-refractivity contribution in [1.29, 1.82) is 0 Å². The number of nitrogens with two attached hydrogens (primary N) is 1. The molecule has 0 atom stereocenters. The highest BCUT2D eigenvalue weighted by Crippen LogP contribution is 2.19. The summed E-state index contributed by atoms with van der Waals surface area (Å²) in [7, 11) is 0. The van der Waals surface area contributed by atoms with E-state index in [0.717, 1.165) is 0 Å². The average molecular weight is 279 g/mol. The van der Waals surface area contributed by atoms with Crippen LogP contribution in [-0.4, -0.2) is 57.6 Å². The highest BCUT2D eigenvalue weighted by Gasteiger charge is 2.27. The van der Waals surface area contributed by atoms with E-state index in [1.807, 2.05) is 6.92 Å². The van der Waals surface area contributed by atoms with Crippen molar-refractivity contribution >= 4 is 17.5 Å². The molecule has 1 aliphatic heterocycles. The summed E-state index contributed by atoms with van der Waals surface area (Å²) in [6, 6.07) is 0. The zero-order valence-corrected chi connectivity index (χ0v) is 12.2. The SMILES string of the molecule is CCn1nc(C)c(N)c1C(=O)N1CCN(C(C)=O)CC1. The van der Waals surface area contributed by atoms with E-state index < -0.39 is 0 Å². The predicted octanol–water partition coefficient (Wildman–Crippen LogP) is 0.0979. The number of anilines is 1. The molecule has 1 saturated heterocycles. The number of piperazine rings is 1. The Balaban J connectivity index is 2.15. The van der Waals surface area contributed by atoms with Crippen molar-refractivity contribution in [2.75, 3.05) is 31.9 Å². The minimum Gasteiger partial charge on any atom is -0.395 e. The molecule has 1 aliphatic rings. The third-order valence-electron chi connectivity index (χ3n) is 3.69. The van der Waals surface area contributed by atoms with Crippen molar-refractivity contribution in [3.63, 3.8) is 0 Å². The Morgan fingerprint density at radius 2 is 1.75 bits per heavy atom. The second-order valence-corrected chi connectivity index (χ2v) is 4.96. The second kappa shape index (κ2) is 5.52. The molecule has 0 bridgehead atoms. The third kappa shape index (κ3) is 2.48. The molecule has 1 aromatic heterocycles. The number of hydrogen-bond acceptors (Lipinski definition) is 4. The van der Waals surface area contributed by atoms with E-state index in [2.05, 4.69) is 5.10 Å². The minimum atomic E-state index is -0.104. The van der Waals surface area contributed by atoms with Crippen molar-refractivity contribution in [3.8, 4) is 0 Å². The largest absolute Gasteiger partial charge is 0.395 e. The standard InChI is InChI=1S/C13H21N5O2/c1-4-18-12(11(14)9(2)15-18)13(20)17-7-5-16(6-8-17)10(3)19/h4-8,14H2,1-3H3. The van der Waals surface area contributed by atoms with Crippen LogP contribution in [0.3, 0.4) is 0 Å². The Morgan fingerprint density at radius 1 is 1.20 bits per heavy atom. The lowest BCUT2D eigenvalue weighted by Crippen LogP contribution is -2.50. The van der Waals surface area contributed by atoms with Crippen LogP contribution in [0.4, 0.5) is 5.69 Å². The van der Waals surface area contributed by atoms with Crippen molar-refractivity contribution < 1.29 is 9.59 Å². The maximum Gasteiger partial charge on any atom is 0.274 e. The molecule has 0 aliphatic carbocycles. The van der Waals surface area contributed by atoms with E-state index in [1.165, 1.54) is 0 Å². The normalized spacial score (nSPS) is 15.6. The van der Waals surface area contributed by atoms with Gasteiger partial charge in [-0.25, -0.2) is 0 Å². The van der Waals surface area contributed by atoms with Gasteiger partial charge in [0, 0.05) is 39.6 Å². The molecule has 7 heteroatoms. The lowest BCUT2D eigenvalue weighted by Gasteiger charge is -2.34. The van der Waals surface area contributed by atoms with Crippen molar-refractivity contribution in [3.05, 3.63) is 11.4 Å². The monoisotopic (exact) mass is 279 g/mol. The number of carbonyl (C=O) groups is 2. The van der Waals surface area contributed by atoms with Crippen LogP contribution in [0.1, 0.15) is 30.0 Å². The van der Waals surface area contributed by atoms with E-state index >= 15 is 0 Å². The number of carbonyl (C=O) groups excluding carboxylic acids is 2. The molecule has 2 heterocycles. The lowest BCUT2D eigenvalue weighted by atomic mass is 10.2.